The van der Waals surface area contributed by atoms with Gasteiger partial charge in [0.15, 0.2) is 5.13 Å². The average molecular weight is 337 g/mol. The van der Waals surface area contributed by atoms with Crippen LogP contribution in [0.5, 0.6) is 0 Å². The van der Waals surface area contributed by atoms with Crippen molar-refractivity contribution in [1.82, 2.24) is 15.6 Å². The monoisotopic (exact) mass is 336 g/mol. The molecule has 22 heavy (non-hydrogen) atoms. The zero-order chi connectivity index (χ0) is 15.4. The van der Waals surface area contributed by atoms with Crippen LogP contribution in [0, 0.1) is 0 Å². The Hall–Kier alpha value is -1.79. The third-order valence-electron chi connectivity index (χ3n) is 3.58. The summed E-state index contributed by atoms with van der Waals surface area (Å²) in [5, 5.41) is 9.56. The zero-order valence-corrected chi connectivity index (χ0v) is 13.5. The summed E-state index contributed by atoms with van der Waals surface area (Å²) in [5.41, 5.74) is 1.02. The summed E-state index contributed by atoms with van der Waals surface area (Å²) in [6.07, 6.45) is 2.74. The molecule has 116 valence electrons. The number of carbonyl (C=O) groups excluding carboxylic acids is 1. The molecule has 1 atom stereocenters. The molecule has 2 amide bonds. The number of aromatic nitrogens is 1. The van der Waals surface area contributed by atoms with E-state index in [1.54, 1.807) is 17.5 Å². The van der Waals surface area contributed by atoms with E-state index in [1.807, 2.05) is 29.6 Å². The summed E-state index contributed by atoms with van der Waals surface area (Å²) in [6, 6.07) is 7.47. The molecule has 1 aliphatic heterocycles. The van der Waals surface area contributed by atoms with Gasteiger partial charge in [0.2, 0.25) is 0 Å². The quantitative estimate of drug-likeness (QED) is 0.902. The number of nitrogens with one attached hydrogen (secondary N) is 2. The molecule has 0 aliphatic carbocycles. The van der Waals surface area contributed by atoms with Crippen LogP contribution in [0.2, 0.25) is 5.02 Å². The lowest BCUT2D eigenvalue weighted by Crippen LogP contribution is -2.43. The number of thiazole rings is 1. The molecule has 7 heteroatoms. The smallest absolute Gasteiger partial charge is 0.315 e. The Balaban J connectivity index is 1.43. The van der Waals surface area contributed by atoms with Crippen molar-refractivity contribution < 1.29 is 4.79 Å². The highest BCUT2D eigenvalue weighted by molar-refractivity contribution is 7.13. The second kappa shape index (κ2) is 6.98. The number of anilines is 1. The van der Waals surface area contributed by atoms with Gasteiger partial charge < -0.3 is 15.5 Å². The molecule has 0 saturated carbocycles. The molecule has 2 heterocycles. The maximum absolute atomic E-state index is 12.0. The van der Waals surface area contributed by atoms with Crippen molar-refractivity contribution in [3.8, 4) is 0 Å². The molecular weight excluding hydrogens is 320 g/mol. The lowest BCUT2D eigenvalue weighted by atomic mass is 10.2. The van der Waals surface area contributed by atoms with E-state index in [-0.39, 0.29) is 12.1 Å². The second-order valence-corrected chi connectivity index (χ2v) is 6.51. The number of urea groups is 1. The first-order chi connectivity index (χ1) is 10.7. The van der Waals surface area contributed by atoms with E-state index < -0.39 is 0 Å². The van der Waals surface area contributed by atoms with Gasteiger partial charge in [-0.25, -0.2) is 9.78 Å². The SMILES string of the molecule is O=C(NCc1ccc(Cl)cc1)N[C@H]1CCN(c2nccs2)C1. The Morgan fingerprint density at radius 1 is 1.41 bits per heavy atom. The Morgan fingerprint density at radius 3 is 2.95 bits per heavy atom. The summed E-state index contributed by atoms with van der Waals surface area (Å²) >= 11 is 7.46. The predicted octanol–water partition coefficient (Wildman–Crippen LogP) is 2.87. The molecular formula is C15H17ClN4OS. The molecule has 0 bridgehead atoms. The molecule has 5 nitrogen and oxygen atoms in total. The molecule has 1 aliphatic rings. The molecule has 2 aromatic rings. The van der Waals surface area contributed by atoms with Crippen molar-refractivity contribution in [2.24, 2.45) is 0 Å². The fourth-order valence-corrected chi connectivity index (χ4v) is 3.25. The number of benzene rings is 1. The molecule has 1 aromatic heterocycles. The van der Waals surface area contributed by atoms with Gasteiger partial charge in [0, 0.05) is 42.3 Å². The van der Waals surface area contributed by atoms with E-state index >= 15 is 0 Å². The van der Waals surface area contributed by atoms with Crippen molar-refractivity contribution in [2.75, 3.05) is 18.0 Å². The molecule has 1 aromatic carbocycles. The van der Waals surface area contributed by atoms with Gasteiger partial charge in [0.05, 0.1) is 0 Å². The minimum Gasteiger partial charge on any atom is -0.346 e. The Bertz CT molecular complexity index is 617. The number of hydrogen-bond acceptors (Lipinski definition) is 4. The molecule has 2 N–H and O–H groups in total. The van der Waals surface area contributed by atoms with Crippen LogP contribution in [0.4, 0.5) is 9.93 Å². The van der Waals surface area contributed by atoms with Crippen molar-refractivity contribution in [3.05, 3.63) is 46.4 Å². The Kier molecular flexibility index (Phi) is 4.80. The minimum absolute atomic E-state index is 0.138. The van der Waals surface area contributed by atoms with E-state index in [4.69, 9.17) is 11.6 Å². The first-order valence-corrected chi connectivity index (χ1v) is 8.40. The minimum atomic E-state index is -0.138. The maximum atomic E-state index is 12.0. The molecule has 0 unspecified atom stereocenters. The van der Waals surface area contributed by atoms with Crippen molar-refractivity contribution in [1.29, 1.82) is 0 Å². The van der Waals surface area contributed by atoms with E-state index in [1.165, 1.54) is 0 Å². The molecule has 1 fully saturated rings. The first-order valence-electron chi connectivity index (χ1n) is 7.14. The van der Waals surface area contributed by atoms with E-state index in [2.05, 4.69) is 20.5 Å². The van der Waals surface area contributed by atoms with E-state index in [0.717, 1.165) is 30.2 Å². The largest absolute Gasteiger partial charge is 0.346 e. The van der Waals surface area contributed by atoms with Crippen molar-refractivity contribution in [2.45, 2.75) is 19.0 Å². The summed E-state index contributed by atoms with van der Waals surface area (Å²) < 4.78 is 0. The van der Waals surface area contributed by atoms with Crippen molar-refractivity contribution in [3.63, 3.8) is 0 Å². The van der Waals surface area contributed by atoms with Gasteiger partial charge in [-0.05, 0) is 24.1 Å². The standard InChI is InChI=1S/C15H17ClN4OS/c16-12-3-1-11(2-4-12)9-18-14(21)19-13-5-7-20(10-13)15-17-6-8-22-15/h1-4,6,8,13H,5,7,9-10H2,(H2,18,19,21)/t13-/m0/s1. The fraction of sp³-hybridized carbons (Fsp3) is 0.333. The zero-order valence-electron chi connectivity index (χ0n) is 12.0. The van der Waals surface area contributed by atoms with Crippen LogP contribution in [-0.4, -0.2) is 30.1 Å². The summed E-state index contributed by atoms with van der Waals surface area (Å²) in [5.74, 6) is 0. The number of nitrogens with zero attached hydrogens (tertiary/aromatic N) is 2. The van der Waals surface area contributed by atoms with Gasteiger partial charge in [-0.15, -0.1) is 11.3 Å². The topological polar surface area (TPSA) is 57.3 Å². The van der Waals surface area contributed by atoms with Crippen LogP contribution in [0.1, 0.15) is 12.0 Å². The highest BCUT2D eigenvalue weighted by Crippen LogP contribution is 2.22. The highest BCUT2D eigenvalue weighted by Gasteiger charge is 2.25. The van der Waals surface area contributed by atoms with E-state index in [9.17, 15) is 4.79 Å². The molecule has 0 radical (unpaired) electrons. The van der Waals surface area contributed by atoms with Gasteiger partial charge in [-0.2, -0.15) is 0 Å². The number of rotatable bonds is 4. The average Bonchev–Trinajstić information content (AvgIpc) is 3.17. The maximum Gasteiger partial charge on any atom is 0.315 e. The van der Waals surface area contributed by atoms with Crippen LogP contribution in [0.25, 0.3) is 0 Å². The third-order valence-corrected chi connectivity index (χ3v) is 4.66. The lowest BCUT2D eigenvalue weighted by molar-refractivity contribution is 0.237. The van der Waals surface area contributed by atoms with Crippen LogP contribution >= 0.6 is 22.9 Å². The normalized spacial score (nSPS) is 17.5. The molecule has 0 spiro atoms. The number of amides is 2. The van der Waals surface area contributed by atoms with Gasteiger partial charge in [-0.1, -0.05) is 23.7 Å². The van der Waals surface area contributed by atoms with Crippen LogP contribution in [0.15, 0.2) is 35.8 Å². The summed E-state index contributed by atoms with van der Waals surface area (Å²) in [7, 11) is 0. The third kappa shape index (κ3) is 3.90. The number of carbonyl (C=O) groups is 1. The van der Waals surface area contributed by atoms with Gasteiger partial charge in [0.1, 0.15) is 0 Å². The predicted molar refractivity (Wildman–Crippen MR) is 89.6 cm³/mol. The Morgan fingerprint density at radius 2 is 2.23 bits per heavy atom. The number of halogens is 1. The van der Waals surface area contributed by atoms with Crippen LogP contribution in [0.3, 0.4) is 0 Å². The fourth-order valence-electron chi connectivity index (χ4n) is 2.44. The summed E-state index contributed by atoms with van der Waals surface area (Å²) in [4.78, 5) is 18.5. The highest BCUT2D eigenvalue weighted by atomic mass is 35.5. The van der Waals surface area contributed by atoms with Gasteiger partial charge in [-0.3, -0.25) is 0 Å². The molecule has 1 saturated heterocycles. The first kappa shape index (κ1) is 15.1. The van der Waals surface area contributed by atoms with Gasteiger partial charge >= 0.3 is 6.03 Å². The molecule has 3 rings (SSSR count). The van der Waals surface area contributed by atoms with Crippen molar-refractivity contribution >= 4 is 34.1 Å². The lowest BCUT2D eigenvalue weighted by Gasteiger charge is -2.16. The summed E-state index contributed by atoms with van der Waals surface area (Å²) in [6.45, 7) is 2.23. The number of hydrogen-bond donors (Lipinski definition) is 2. The van der Waals surface area contributed by atoms with E-state index in [0.29, 0.717) is 11.6 Å². The second-order valence-electron chi connectivity index (χ2n) is 5.20. The Labute approximate surface area is 138 Å². The van der Waals surface area contributed by atoms with Crippen LogP contribution in [-0.2, 0) is 6.54 Å². The van der Waals surface area contributed by atoms with Crippen LogP contribution < -0.4 is 15.5 Å². The van der Waals surface area contributed by atoms with Gasteiger partial charge in [0.25, 0.3) is 0 Å².